The van der Waals surface area contributed by atoms with Gasteiger partial charge in [0.05, 0.1) is 23.7 Å². The number of rotatable bonds is 4. The van der Waals surface area contributed by atoms with Gasteiger partial charge in [-0.05, 0) is 29.8 Å². The summed E-state index contributed by atoms with van der Waals surface area (Å²) in [5.41, 5.74) is 4.06. The first-order valence-corrected chi connectivity index (χ1v) is 10.7. The quantitative estimate of drug-likeness (QED) is 0.492. The van der Waals surface area contributed by atoms with Gasteiger partial charge in [0.25, 0.3) is 5.91 Å². The molecule has 4 aromatic rings. The van der Waals surface area contributed by atoms with Gasteiger partial charge in [-0.3, -0.25) is 9.59 Å². The van der Waals surface area contributed by atoms with Crippen molar-refractivity contribution < 1.29 is 9.59 Å². The summed E-state index contributed by atoms with van der Waals surface area (Å²) in [4.78, 5) is 31.5. The predicted molar refractivity (Wildman–Crippen MR) is 121 cm³/mol. The molecule has 2 heterocycles. The van der Waals surface area contributed by atoms with Crippen LogP contribution in [0.2, 0.25) is 0 Å². The summed E-state index contributed by atoms with van der Waals surface area (Å²) in [7, 11) is 0. The van der Waals surface area contributed by atoms with E-state index >= 15 is 0 Å². The predicted octanol–water partition coefficient (Wildman–Crippen LogP) is 5.06. The van der Waals surface area contributed by atoms with E-state index in [1.807, 2.05) is 72.8 Å². The third-order valence-electron chi connectivity index (χ3n) is 5.19. The van der Waals surface area contributed by atoms with Gasteiger partial charge in [-0.25, -0.2) is 0 Å². The van der Waals surface area contributed by atoms with E-state index in [9.17, 15) is 9.59 Å². The fourth-order valence-electron chi connectivity index (χ4n) is 3.65. The zero-order valence-corrected chi connectivity index (χ0v) is 16.9. The van der Waals surface area contributed by atoms with Gasteiger partial charge in [0, 0.05) is 27.6 Å². The average molecular weight is 414 g/mol. The van der Waals surface area contributed by atoms with E-state index in [4.69, 9.17) is 0 Å². The van der Waals surface area contributed by atoms with E-state index < -0.39 is 0 Å². The minimum Gasteiger partial charge on any atom is -0.359 e. The Morgan fingerprint density at radius 2 is 1.83 bits per heavy atom. The molecule has 0 spiro atoms. The lowest BCUT2D eigenvalue weighted by Gasteiger charge is -2.29. The number of fused-ring (bicyclic) bond motifs is 2. The number of anilines is 2. The molecule has 6 heteroatoms. The molecule has 1 aliphatic heterocycles. The van der Waals surface area contributed by atoms with Gasteiger partial charge in [0.1, 0.15) is 0 Å². The summed E-state index contributed by atoms with van der Waals surface area (Å²) in [5.74, 6) is 0.247. The molecule has 3 aromatic carbocycles. The lowest BCUT2D eigenvalue weighted by molar-refractivity contribution is -0.116. The normalized spacial score (nSPS) is 13.3. The van der Waals surface area contributed by atoms with Gasteiger partial charge in [-0.15, -0.1) is 11.8 Å². The molecule has 0 saturated heterocycles. The van der Waals surface area contributed by atoms with Crippen molar-refractivity contribution in [1.29, 1.82) is 0 Å². The number of hydrogen-bond donors (Lipinski definition) is 2. The number of nitrogens with one attached hydrogen (secondary N) is 2. The highest BCUT2D eigenvalue weighted by atomic mass is 32.2. The van der Waals surface area contributed by atoms with E-state index in [1.54, 1.807) is 11.1 Å². The van der Waals surface area contributed by atoms with Gasteiger partial charge in [-0.2, -0.15) is 0 Å². The van der Waals surface area contributed by atoms with Crippen LogP contribution in [0.4, 0.5) is 11.4 Å². The average Bonchev–Trinajstić information content (AvgIpc) is 3.19. The highest BCUT2D eigenvalue weighted by Gasteiger charge is 2.26. The second kappa shape index (κ2) is 7.72. The van der Waals surface area contributed by atoms with Crippen molar-refractivity contribution in [2.75, 3.05) is 16.0 Å². The number of amides is 2. The molecule has 1 aromatic heterocycles. The topological polar surface area (TPSA) is 65.2 Å². The van der Waals surface area contributed by atoms with Crippen LogP contribution in [0.1, 0.15) is 15.9 Å². The van der Waals surface area contributed by atoms with Crippen molar-refractivity contribution in [3.63, 3.8) is 0 Å². The Hall–Kier alpha value is -3.51. The molecule has 30 heavy (non-hydrogen) atoms. The lowest BCUT2D eigenvalue weighted by Crippen LogP contribution is -2.35. The van der Waals surface area contributed by atoms with Crippen molar-refractivity contribution in [2.45, 2.75) is 11.4 Å². The first kappa shape index (κ1) is 18.5. The van der Waals surface area contributed by atoms with Crippen LogP contribution in [0.5, 0.6) is 0 Å². The number of carbonyl (C=O) groups excluding carboxylic acids is 2. The molecule has 0 atom stereocenters. The van der Waals surface area contributed by atoms with Crippen LogP contribution in [-0.2, 0) is 11.3 Å². The van der Waals surface area contributed by atoms with Crippen molar-refractivity contribution in [2.24, 2.45) is 0 Å². The molecule has 2 N–H and O–H groups in total. The number of H-pyrrole nitrogens is 1. The highest BCUT2D eigenvalue weighted by Crippen LogP contribution is 2.37. The maximum atomic E-state index is 13.0. The van der Waals surface area contributed by atoms with Crippen LogP contribution in [0.25, 0.3) is 10.9 Å². The van der Waals surface area contributed by atoms with Crippen LogP contribution >= 0.6 is 11.8 Å². The Kier molecular flexibility index (Phi) is 4.77. The highest BCUT2D eigenvalue weighted by molar-refractivity contribution is 8.00. The van der Waals surface area contributed by atoms with Crippen LogP contribution in [-0.4, -0.2) is 22.6 Å². The van der Waals surface area contributed by atoms with Crippen molar-refractivity contribution in [3.8, 4) is 0 Å². The van der Waals surface area contributed by atoms with Crippen LogP contribution in [0.3, 0.4) is 0 Å². The number of carbonyl (C=O) groups is 2. The van der Waals surface area contributed by atoms with Gasteiger partial charge in [-0.1, -0.05) is 48.5 Å². The van der Waals surface area contributed by atoms with Gasteiger partial charge in [0.2, 0.25) is 5.91 Å². The number of hydrogen-bond acceptors (Lipinski definition) is 3. The van der Waals surface area contributed by atoms with Crippen LogP contribution in [0, 0.1) is 0 Å². The molecule has 1 aliphatic rings. The van der Waals surface area contributed by atoms with E-state index in [2.05, 4.69) is 10.3 Å². The Morgan fingerprint density at radius 3 is 2.70 bits per heavy atom. The van der Waals surface area contributed by atoms with E-state index in [0.717, 1.165) is 32.7 Å². The molecule has 0 radical (unpaired) electrons. The van der Waals surface area contributed by atoms with E-state index in [-0.39, 0.29) is 11.8 Å². The van der Waals surface area contributed by atoms with E-state index in [1.165, 1.54) is 11.8 Å². The lowest BCUT2D eigenvalue weighted by atomic mass is 10.1. The molecule has 2 amide bonds. The summed E-state index contributed by atoms with van der Waals surface area (Å²) >= 11 is 1.51. The van der Waals surface area contributed by atoms with Crippen molar-refractivity contribution in [3.05, 3.63) is 90.1 Å². The van der Waals surface area contributed by atoms with Gasteiger partial charge in [0.15, 0.2) is 0 Å². The molecule has 0 saturated carbocycles. The van der Waals surface area contributed by atoms with Crippen LogP contribution < -0.4 is 10.2 Å². The summed E-state index contributed by atoms with van der Waals surface area (Å²) in [5, 5.41) is 3.94. The fraction of sp³-hybridized carbons (Fsp3) is 0.0833. The Labute approximate surface area is 178 Å². The SMILES string of the molecule is O=C(Nc1c[nH]c2ccccc12)c1ccc2c(c1)N(Cc1ccccc1)C(=O)CS2. The second-order valence-corrected chi connectivity index (χ2v) is 8.16. The molecular weight excluding hydrogens is 394 g/mol. The van der Waals surface area contributed by atoms with E-state index in [0.29, 0.717) is 17.9 Å². The number of para-hydroxylation sites is 1. The minimum absolute atomic E-state index is 0.0468. The largest absolute Gasteiger partial charge is 0.359 e. The van der Waals surface area contributed by atoms with Crippen molar-refractivity contribution >= 4 is 45.9 Å². The molecule has 0 fully saturated rings. The summed E-state index contributed by atoms with van der Waals surface area (Å²) < 4.78 is 0. The monoisotopic (exact) mass is 413 g/mol. The molecule has 0 aliphatic carbocycles. The zero-order chi connectivity index (χ0) is 20.5. The number of thioether (sulfide) groups is 1. The molecule has 0 bridgehead atoms. The Bertz CT molecular complexity index is 1250. The van der Waals surface area contributed by atoms with Gasteiger partial charge >= 0.3 is 0 Å². The Morgan fingerprint density at radius 1 is 1.03 bits per heavy atom. The molecular formula is C24H19N3O2S. The maximum absolute atomic E-state index is 13.0. The zero-order valence-electron chi connectivity index (χ0n) is 16.1. The first-order valence-electron chi connectivity index (χ1n) is 9.68. The molecule has 5 rings (SSSR count). The first-order chi connectivity index (χ1) is 14.7. The summed E-state index contributed by atoms with van der Waals surface area (Å²) in [6.07, 6.45) is 1.79. The summed E-state index contributed by atoms with van der Waals surface area (Å²) in [6.45, 7) is 0.487. The minimum atomic E-state index is -0.203. The summed E-state index contributed by atoms with van der Waals surface area (Å²) in [6, 6.07) is 23.3. The smallest absolute Gasteiger partial charge is 0.255 e. The standard InChI is InChI=1S/C24H19N3O2S/c28-23-15-30-22-11-10-17(12-21(22)27(23)14-16-6-2-1-3-7-16)24(29)26-20-13-25-19-9-5-4-8-18(19)20/h1-13,25H,14-15H2,(H,26,29). The van der Waals surface area contributed by atoms with Gasteiger partial charge < -0.3 is 15.2 Å². The van der Waals surface area contributed by atoms with Crippen molar-refractivity contribution in [1.82, 2.24) is 4.98 Å². The third kappa shape index (κ3) is 3.46. The third-order valence-corrected chi connectivity index (χ3v) is 6.23. The molecule has 0 unspecified atom stereocenters. The Balaban J connectivity index is 1.44. The van der Waals surface area contributed by atoms with Crippen LogP contribution in [0.15, 0.2) is 83.9 Å². The number of nitrogens with zero attached hydrogens (tertiary/aromatic N) is 1. The number of benzene rings is 3. The fourth-order valence-corrected chi connectivity index (χ4v) is 4.57. The second-order valence-electron chi connectivity index (χ2n) is 7.14. The number of aromatic amines is 1. The number of aromatic nitrogens is 1. The maximum Gasteiger partial charge on any atom is 0.255 e. The molecule has 5 nitrogen and oxygen atoms in total. The molecule has 148 valence electrons.